The van der Waals surface area contributed by atoms with Crippen LogP contribution in [0.25, 0.3) is 0 Å². The zero-order valence-corrected chi connectivity index (χ0v) is 11.9. The molecule has 0 saturated carbocycles. The molecule has 0 radical (unpaired) electrons. The van der Waals surface area contributed by atoms with Crippen LogP contribution in [0.3, 0.4) is 0 Å². The molecule has 1 aromatic rings. The van der Waals surface area contributed by atoms with Gasteiger partial charge in [-0.1, -0.05) is 11.8 Å². The molecule has 1 unspecified atom stereocenters. The van der Waals surface area contributed by atoms with E-state index in [4.69, 9.17) is 9.84 Å². The van der Waals surface area contributed by atoms with Crippen molar-refractivity contribution in [2.45, 2.75) is 19.4 Å². The highest BCUT2D eigenvalue weighted by Crippen LogP contribution is 2.15. The number of carbonyl (C=O) groups is 1. The number of ether oxygens (including phenoxy) is 1. The Morgan fingerprint density at radius 2 is 2.38 bits per heavy atom. The van der Waals surface area contributed by atoms with Crippen LogP contribution in [0, 0.1) is 17.7 Å². The lowest BCUT2D eigenvalue weighted by atomic mass is 10.1. The fourth-order valence-corrected chi connectivity index (χ4v) is 2.29. The normalized spacial score (nSPS) is 18.6. The van der Waals surface area contributed by atoms with Gasteiger partial charge in [-0.05, 0) is 31.5 Å². The number of aliphatic hydroxyl groups excluding tert-OH is 1. The Morgan fingerprint density at radius 3 is 3.14 bits per heavy atom. The van der Waals surface area contributed by atoms with Crippen LogP contribution in [-0.2, 0) is 4.74 Å². The Labute approximate surface area is 123 Å². The summed E-state index contributed by atoms with van der Waals surface area (Å²) < 4.78 is 18.9. The lowest BCUT2D eigenvalue weighted by Gasteiger charge is -2.22. The van der Waals surface area contributed by atoms with E-state index in [0.717, 1.165) is 6.42 Å². The number of hydrogen-bond acceptors (Lipinski definition) is 3. The average molecular weight is 291 g/mol. The lowest BCUT2D eigenvalue weighted by Crippen LogP contribution is -2.36. The van der Waals surface area contributed by atoms with Crippen molar-refractivity contribution in [2.24, 2.45) is 0 Å². The third-order valence-corrected chi connectivity index (χ3v) is 3.25. The van der Waals surface area contributed by atoms with Crippen LogP contribution < -0.4 is 0 Å². The van der Waals surface area contributed by atoms with Crippen molar-refractivity contribution in [2.75, 3.05) is 26.3 Å². The van der Waals surface area contributed by atoms with E-state index in [1.807, 2.05) is 6.92 Å². The third-order valence-electron chi connectivity index (χ3n) is 3.25. The second-order valence-corrected chi connectivity index (χ2v) is 4.94. The van der Waals surface area contributed by atoms with Gasteiger partial charge in [0.25, 0.3) is 5.91 Å². The maximum Gasteiger partial charge on any atom is 0.255 e. The first-order chi connectivity index (χ1) is 10.1. The molecule has 112 valence electrons. The molecule has 1 aromatic carbocycles. The summed E-state index contributed by atoms with van der Waals surface area (Å²) in [5.41, 5.74) is 0.651. The number of hydrogen-bond donors (Lipinski definition) is 1. The van der Waals surface area contributed by atoms with Crippen LogP contribution in [0.5, 0.6) is 0 Å². The third kappa shape index (κ3) is 4.03. The summed E-state index contributed by atoms with van der Waals surface area (Å²) in [6, 6.07) is 3.90. The molecule has 0 aromatic heterocycles. The van der Waals surface area contributed by atoms with Crippen molar-refractivity contribution < 1.29 is 19.0 Å². The molecule has 1 amide bonds. The van der Waals surface area contributed by atoms with Crippen molar-refractivity contribution in [3.63, 3.8) is 0 Å². The van der Waals surface area contributed by atoms with Gasteiger partial charge in [-0.25, -0.2) is 4.39 Å². The molecule has 2 rings (SSSR count). The smallest absolute Gasteiger partial charge is 0.255 e. The molecule has 0 bridgehead atoms. The van der Waals surface area contributed by atoms with Gasteiger partial charge in [-0.15, -0.1) is 0 Å². The van der Waals surface area contributed by atoms with E-state index < -0.39 is 5.82 Å². The van der Waals surface area contributed by atoms with Crippen molar-refractivity contribution in [3.8, 4) is 11.8 Å². The van der Waals surface area contributed by atoms with Crippen LogP contribution in [-0.4, -0.2) is 48.3 Å². The molecule has 1 aliphatic heterocycles. The number of amides is 1. The molecule has 0 spiro atoms. The van der Waals surface area contributed by atoms with Gasteiger partial charge in [0.05, 0.1) is 11.7 Å². The minimum absolute atomic E-state index is 0.0242. The van der Waals surface area contributed by atoms with Crippen molar-refractivity contribution in [3.05, 3.63) is 35.1 Å². The maximum atomic E-state index is 13.3. The molecule has 4 nitrogen and oxygen atoms in total. The second kappa shape index (κ2) is 7.21. The average Bonchev–Trinajstić information content (AvgIpc) is 2.69. The standard InChI is InChI=1S/C16H18FNO3/c1-12-11-18(7-3-9-21-12)16(20)15-6-5-14(17)10-13(15)4-2-8-19/h5-6,10,12,19H,3,7-9,11H2,1H3. The number of aliphatic hydroxyl groups is 1. The first-order valence-corrected chi connectivity index (χ1v) is 6.92. The van der Waals surface area contributed by atoms with Crippen LogP contribution in [0.4, 0.5) is 4.39 Å². The second-order valence-electron chi connectivity index (χ2n) is 4.94. The summed E-state index contributed by atoms with van der Waals surface area (Å²) in [6.07, 6.45) is 0.749. The SMILES string of the molecule is CC1CN(C(=O)c2ccc(F)cc2C#CCO)CCCO1. The Bertz CT molecular complexity index is 577. The van der Waals surface area contributed by atoms with Gasteiger partial charge in [0.2, 0.25) is 0 Å². The van der Waals surface area contributed by atoms with Gasteiger partial charge in [-0.2, -0.15) is 0 Å². The molecule has 1 fully saturated rings. The molecule has 1 heterocycles. The van der Waals surface area contributed by atoms with E-state index in [-0.39, 0.29) is 18.6 Å². The molecular weight excluding hydrogens is 273 g/mol. The first kappa shape index (κ1) is 15.5. The van der Waals surface area contributed by atoms with E-state index in [9.17, 15) is 9.18 Å². The van der Waals surface area contributed by atoms with Gasteiger partial charge in [0, 0.05) is 25.3 Å². The van der Waals surface area contributed by atoms with Gasteiger partial charge in [-0.3, -0.25) is 4.79 Å². The predicted octanol–water partition coefficient (Wildman–Crippen LogP) is 1.42. The Kier molecular flexibility index (Phi) is 5.32. The summed E-state index contributed by atoms with van der Waals surface area (Å²) >= 11 is 0. The minimum Gasteiger partial charge on any atom is -0.384 e. The largest absolute Gasteiger partial charge is 0.384 e. The van der Waals surface area contributed by atoms with Gasteiger partial charge >= 0.3 is 0 Å². The summed E-state index contributed by atoms with van der Waals surface area (Å²) in [5.74, 6) is 4.44. The first-order valence-electron chi connectivity index (χ1n) is 6.92. The van der Waals surface area contributed by atoms with Crippen molar-refractivity contribution >= 4 is 5.91 Å². The molecule has 5 heteroatoms. The van der Waals surface area contributed by atoms with E-state index in [1.54, 1.807) is 4.90 Å². The monoisotopic (exact) mass is 291 g/mol. The van der Waals surface area contributed by atoms with Gasteiger partial charge in [0.1, 0.15) is 12.4 Å². The molecule has 0 aliphatic carbocycles. The lowest BCUT2D eigenvalue weighted by molar-refractivity contribution is 0.0562. The van der Waals surface area contributed by atoms with Crippen LogP contribution in [0.1, 0.15) is 29.3 Å². The summed E-state index contributed by atoms with van der Waals surface area (Å²) in [7, 11) is 0. The summed E-state index contributed by atoms with van der Waals surface area (Å²) in [6.45, 7) is 3.32. The number of benzene rings is 1. The maximum absolute atomic E-state index is 13.3. The van der Waals surface area contributed by atoms with E-state index in [2.05, 4.69) is 11.8 Å². The molecule has 1 N–H and O–H groups in total. The van der Waals surface area contributed by atoms with Crippen molar-refractivity contribution in [1.29, 1.82) is 0 Å². The molecule has 1 aliphatic rings. The fourth-order valence-electron chi connectivity index (χ4n) is 2.29. The summed E-state index contributed by atoms with van der Waals surface area (Å²) in [4.78, 5) is 14.3. The van der Waals surface area contributed by atoms with Gasteiger partial charge in [0.15, 0.2) is 0 Å². The molecule has 1 saturated heterocycles. The van der Waals surface area contributed by atoms with Crippen LogP contribution in [0.15, 0.2) is 18.2 Å². The number of carbonyl (C=O) groups excluding carboxylic acids is 1. The molecule has 21 heavy (non-hydrogen) atoms. The zero-order chi connectivity index (χ0) is 15.2. The Balaban J connectivity index is 2.29. The Hall–Kier alpha value is -1.90. The van der Waals surface area contributed by atoms with E-state index in [0.29, 0.717) is 30.8 Å². The highest BCUT2D eigenvalue weighted by atomic mass is 19.1. The number of rotatable bonds is 1. The number of nitrogens with zero attached hydrogens (tertiary/aromatic N) is 1. The molecule has 1 atom stereocenters. The summed E-state index contributed by atoms with van der Waals surface area (Å²) in [5, 5.41) is 8.77. The van der Waals surface area contributed by atoms with E-state index >= 15 is 0 Å². The van der Waals surface area contributed by atoms with Gasteiger partial charge < -0.3 is 14.7 Å². The fraction of sp³-hybridized carbons (Fsp3) is 0.438. The number of halogens is 1. The quantitative estimate of drug-likeness (QED) is 0.796. The molecular formula is C16H18FNO3. The zero-order valence-electron chi connectivity index (χ0n) is 11.9. The Morgan fingerprint density at radius 1 is 1.57 bits per heavy atom. The highest BCUT2D eigenvalue weighted by molar-refractivity contribution is 5.96. The minimum atomic E-state index is -0.457. The van der Waals surface area contributed by atoms with Crippen LogP contribution in [0.2, 0.25) is 0 Å². The van der Waals surface area contributed by atoms with Crippen LogP contribution >= 0.6 is 0 Å². The topological polar surface area (TPSA) is 49.8 Å². The van der Waals surface area contributed by atoms with Crippen molar-refractivity contribution in [1.82, 2.24) is 4.90 Å². The highest BCUT2D eigenvalue weighted by Gasteiger charge is 2.22. The van der Waals surface area contributed by atoms with E-state index in [1.165, 1.54) is 18.2 Å². The predicted molar refractivity (Wildman–Crippen MR) is 76.3 cm³/mol.